The molecule has 3 nitrogen and oxygen atoms in total. The minimum Gasteiger partial charge on any atom is -0.493 e. The number of rotatable bonds is 8. The molecule has 0 radical (unpaired) electrons. The highest BCUT2D eigenvalue weighted by Crippen LogP contribution is 2.29. The summed E-state index contributed by atoms with van der Waals surface area (Å²) in [6, 6.07) is 5.63. The quantitative estimate of drug-likeness (QED) is 0.734. The lowest BCUT2D eigenvalue weighted by molar-refractivity contribution is -0.135. The Hall–Kier alpha value is -1.43. The molecule has 1 aromatic rings. The lowest BCUT2D eigenvalue weighted by Gasteiger charge is -2.16. The first kappa shape index (κ1) is 17.6. The fourth-order valence-electron chi connectivity index (χ4n) is 2.01. The molecule has 0 aromatic heterocycles. The number of halogens is 3. The zero-order valence-electron chi connectivity index (χ0n) is 12.6. The molecular formula is C15H22F3NO2. The standard InChI is InChI=1S/C15H22F3NO2/c1-11(19-9-5-4-8-15(16,17)18)12-6-7-13(20-2)14(10-12)21-3/h6-7,10-11,19H,4-5,8-9H2,1-3H3. The van der Waals surface area contributed by atoms with Crippen molar-refractivity contribution < 1.29 is 22.6 Å². The SMILES string of the molecule is COc1ccc(C(C)NCCCCC(F)(F)F)cc1OC. The van der Waals surface area contributed by atoms with Gasteiger partial charge in [0.25, 0.3) is 0 Å². The van der Waals surface area contributed by atoms with Crippen molar-refractivity contribution in [2.45, 2.75) is 38.4 Å². The van der Waals surface area contributed by atoms with Crippen LogP contribution in [-0.4, -0.2) is 26.9 Å². The molecule has 21 heavy (non-hydrogen) atoms. The van der Waals surface area contributed by atoms with Crippen molar-refractivity contribution in [2.75, 3.05) is 20.8 Å². The molecule has 0 spiro atoms. The second-order valence-corrected chi connectivity index (χ2v) is 4.86. The predicted octanol–water partition coefficient (Wildman–Crippen LogP) is 4.09. The number of benzene rings is 1. The molecule has 0 bridgehead atoms. The molecule has 1 aromatic carbocycles. The van der Waals surface area contributed by atoms with E-state index in [-0.39, 0.29) is 12.5 Å². The summed E-state index contributed by atoms with van der Waals surface area (Å²) < 4.78 is 46.4. The lowest BCUT2D eigenvalue weighted by Crippen LogP contribution is -2.20. The summed E-state index contributed by atoms with van der Waals surface area (Å²) in [6.07, 6.45) is -4.14. The highest BCUT2D eigenvalue weighted by Gasteiger charge is 2.25. The first-order valence-corrected chi connectivity index (χ1v) is 6.89. The van der Waals surface area contributed by atoms with Gasteiger partial charge >= 0.3 is 6.18 Å². The third-order valence-corrected chi connectivity index (χ3v) is 3.25. The lowest BCUT2D eigenvalue weighted by atomic mass is 10.1. The van der Waals surface area contributed by atoms with Gasteiger partial charge in [-0.2, -0.15) is 13.2 Å². The van der Waals surface area contributed by atoms with Crippen LogP contribution in [0.3, 0.4) is 0 Å². The smallest absolute Gasteiger partial charge is 0.389 e. The van der Waals surface area contributed by atoms with E-state index in [1.54, 1.807) is 14.2 Å². The Morgan fingerprint density at radius 1 is 1.10 bits per heavy atom. The second-order valence-electron chi connectivity index (χ2n) is 4.86. The monoisotopic (exact) mass is 305 g/mol. The summed E-state index contributed by atoms with van der Waals surface area (Å²) in [4.78, 5) is 0. The molecule has 1 N–H and O–H groups in total. The molecule has 0 amide bonds. The molecule has 0 aliphatic carbocycles. The zero-order chi connectivity index (χ0) is 15.9. The van der Waals surface area contributed by atoms with Crippen LogP contribution in [0.1, 0.15) is 37.8 Å². The number of nitrogens with one attached hydrogen (secondary N) is 1. The van der Waals surface area contributed by atoms with Gasteiger partial charge in [-0.15, -0.1) is 0 Å². The maximum Gasteiger partial charge on any atom is 0.389 e. The zero-order valence-corrected chi connectivity index (χ0v) is 12.6. The van der Waals surface area contributed by atoms with Crippen LogP contribution in [0.5, 0.6) is 11.5 Å². The average molecular weight is 305 g/mol. The van der Waals surface area contributed by atoms with E-state index in [2.05, 4.69) is 5.32 Å². The molecule has 0 heterocycles. The van der Waals surface area contributed by atoms with Crippen molar-refractivity contribution in [1.82, 2.24) is 5.32 Å². The molecular weight excluding hydrogens is 283 g/mol. The molecule has 1 atom stereocenters. The fraction of sp³-hybridized carbons (Fsp3) is 0.600. The van der Waals surface area contributed by atoms with Gasteiger partial charge in [0.05, 0.1) is 14.2 Å². The van der Waals surface area contributed by atoms with Crippen molar-refractivity contribution in [3.8, 4) is 11.5 Å². The van der Waals surface area contributed by atoms with E-state index in [0.29, 0.717) is 24.5 Å². The summed E-state index contributed by atoms with van der Waals surface area (Å²) in [7, 11) is 3.14. The summed E-state index contributed by atoms with van der Waals surface area (Å²) in [6.45, 7) is 2.51. The number of hydrogen-bond acceptors (Lipinski definition) is 3. The van der Waals surface area contributed by atoms with Crippen molar-refractivity contribution in [3.05, 3.63) is 23.8 Å². The van der Waals surface area contributed by atoms with Crippen LogP contribution in [-0.2, 0) is 0 Å². The summed E-state index contributed by atoms with van der Waals surface area (Å²) in [5, 5.41) is 3.21. The van der Waals surface area contributed by atoms with Gasteiger partial charge < -0.3 is 14.8 Å². The average Bonchev–Trinajstić information content (AvgIpc) is 2.44. The van der Waals surface area contributed by atoms with Gasteiger partial charge in [-0.25, -0.2) is 0 Å². The van der Waals surface area contributed by atoms with Gasteiger partial charge in [-0.05, 0) is 44.0 Å². The number of methoxy groups -OCH3 is 2. The summed E-state index contributed by atoms with van der Waals surface area (Å²) in [5.41, 5.74) is 1.00. The second kappa shape index (κ2) is 8.12. The molecule has 0 saturated heterocycles. The first-order valence-electron chi connectivity index (χ1n) is 6.89. The van der Waals surface area contributed by atoms with Crippen LogP contribution in [0.2, 0.25) is 0 Å². The molecule has 0 aliphatic rings. The molecule has 1 rings (SSSR count). The highest BCUT2D eigenvalue weighted by molar-refractivity contribution is 5.43. The Balaban J connectivity index is 2.43. The highest BCUT2D eigenvalue weighted by atomic mass is 19.4. The Kier molecular flexibility index (Phi) is 6.81. The Morgan fingerprint density at radius 2 is 1.76 bits per heavy atom. The van der Waals surface area contributed by atoms with Crippen molar-refractivity contribution in [3.63, 3.8) is 0 Å². The van der Waals surface area contributed by atoms with Gasteiger partial charge in [0.2, 0.25) is 0 Å². The van der Waals surface area contributed by atoms with Crippen LogP contribution in [0.4, 0.5) is 13.2 Å². The van der Waals surface area contributed by atoms with Crippen LogP contribution < -0.4 is 14.8 Å². The van der Waals surface area contributed by atoms with Gasteiger partial charge in [0, 0.05) is 12.5 Å². The number of hydrogen-bond donors (Lipinski definition) is 1. The van der Waals surface area contributed by atoms with E-state index in [1.807, 2.05) is 25.1 Å². The Labute approximate surface area is 123 Å². The van der Waals surface area contributed by atoms with E-state index in [9.17, 15) is 13.2 Å². The van der Waals surface area contributed by atoms with Crippen LogP contribution in [0, 0.1) is 0 Å². The van der Waals surface area contributed by atoms with E-state index < -0.39 is 12.6 Å². The number of ether oxygens (including phenoxy) is 2. The van der Waals surface area contributed by atoms with Gasteiger partial charge in [0.1, 0.15) is 0 Å². The number of alkyl halides is 3. The molecule has 0 saturated carbocycles. The summed E-state index contributed by atoms with van der Waals surface area (Å²) in [5.74, 6) is 1.29. The molecule has 0 fully saturated rings. The minimum atomic E-state index is -4.06. The van der Waals surface area contributed by atoms with Crippen molar-refractivity contribution >= 4 is 0 Å². The third-order valence-electron chi connectivity index (χ3n) is 3.25. The maximum absolute atomic E-state index is 12.0. The van der Waals surface area contributed by atoms with Gasteiger partial charge in [-0.3, -0.25) is 0 Å². The van der Waals surface area contributed by atoms with Crippen LogP contribution in [0.15, 0.2) is 18.2 Å². The van der Waals surface area contributed by atoms with Gasteiger partial charge in [0.15, 0.2) is 11.5 Å². The van der Waals surface area contributed by atoms with Crippen molar-refractivity contribution in [2.24, 2.45) is 0 Å². The normalized spacial score (nSPS) is 13.0. The van der Waals surface area contributed by atoms with E-state index in [1.165, 1.54) is 0 Å². The van der Waals surface area contributed by atoms with E-state index >= 15 is 0 Å². The molecule has 0 aliphatic heterocycles. The maximum atomic E-state index is 12.0. The topological polar surface area (TPSA) is 30.5 Å². The molecule has 1 unspecified atom stereocenters. The van der Waals surface area contributed by atoms with E-state index in [0.717, 1.165) is 5.56 Å². The molecule has 6 heteroatoms. The molecule has 120 valence electrons. The fourth-order valence-corrected chi connectivity index (χ4v) is 2.01. The minimum absolute atomic E-state index is 0.0377. The third kappa shape index (κ3) is 6.25. The van der Waals surface area contributed by atoms with Crippen molar-refractivity contribution in [1.29, 1.82) is 0 Å². The van der Waals surface area contributed by atoms with E-state index in [4.69, 9.17) is 9.47 Å². The predicted molar refractivity (Wildman–Crippen MR) is 75.9 cm³/mol. The first-order chi connectivity index (χ1) is 9.87. The van der Waals surface area contributed by atoms with Crippen LogP contribution >= 0.6 is 0 Å². The largest absolute Gasteiger partial charge is 0.493 e. The number of unbranched alkanes of at least 4 members (excludes halogenated alkanes) is 1. The van der Waals surface area contributed by atoms with Gasteiger partial charge in [-0.1, -0.05) is 6.07 Å². The van der Waals surface area contributed by atoms with Crippen LogP contribution in [0.25, 0.3) is 0 Å². The summed E-state index contributed by atoms with van der Waals surface area (Å²) >= 11 is 0. The Morgan fingerprint density at radius 3 is 2.33 bits per heavy atom. The Bertz CT molecular complexity index is 435.